The number of carbonyl (C=O) groups excluding carboxylic acids is 1. The molecule has 0 spiro atoms. The standard InChI is InChI=1S/C18H14O3/c1-20-16-7-3-5-14(11-16)13-4-2-6-15(10-13)18-9-8-17(12-19)21-18/h2-12H,1H3. The van der Waals surface area contributed by atoms with Crippen molar-refractivity contribution >= 4 is 6.29 Å². The van der Waals surface area contributed by atoms with E-state index in [1.165, 1.54) is 0 Å². The third-order valence-electron chi connectivity index (χ3n) is 3.29. The number of benzene rings is 2. The Labute approximate surface area is 122 Å². The van der Waals surface area contributed by atoms with Gasteiger partial charge in [-0.3, -0.25) is 4.79 Å². The zero-order valence-electron chi connectivity index (χ0n) is 11.6. The van der Waals surface area contributed by atoms with Crippen molar-refractivity contribution in [1.82, 2.24) is 0 Å². The van der Waals surface area contributed by atoms with Gasteiger partial charge in [-0.25, -0.2) is 0 Å². The second-order valence-electron chi connectivity index (χ2n) is 4.63. The van der Waals surface area contributed by atoms with Crippen LogP contribution in [-0.2, 0) is 0 Å². The maximum absolute atomic E-state index is 10.7. The topological polar surface area (TPSA) is 39.4 Å². The Hall–Kier alpha value is -2.81. The number of aldehydes is 1. The predicted molar refractivity (Wildman–Crippen MR) is 81.5 cm³/mol. The summed E-state index contributed by atoms with van der Waals surface area (Å²) in [6.45, 7) is 0. The molecule has 104 valence electrons. The Kier molecular flexibility index (Phi) is 3.56. The minimum atomic E-state index is 0.330. The van der Waals surface area contributed by atoms with Crippen LogP contribution in [0, 0.1) is 0 Å². The minimum Gasteiger partial charge on any atom is -0.497 e. The molecule has 0 aliphatic heterocycles. The summed E-state index contributed by atoms with van der Waals surface area (Å²) >= 11 is 0. The first-order chi connectivity index (χ1) is 10.3. The van der Waals surface area contributed by atoms with E-state index in [1.54, 1.807) is 19.2 Å². The second-order valence-corrected chi connectivity index (χ2v) is 4.63. The number of ether oxygens (including phenoxy) is 1. The third kappa shape index (κ3) is 2.72. The summed E-state index contributed by atoms with van der Waals surface area (Å²) in [5.41, 5.74) is 3.07. The van der Waals surface area contributed by atoms with Gasteiger partial charge in [0.25, 0.3) is 0 Å². The first-order valence-electron chi connectivity index (χ1n) is 6.60. The van der Waals surface area contributed by atoms with E-state index < -0.39 is 0 Å². The molecule has 1 aromatic heterocycles. The van der Waals surface area contributed by atoms with Crippen LogP contribution < -0.4 is 4.74 Å². The number of methoxy groups -OCH3 is 1. The van der Waals surface area contributed by atoms with Gasteiger partial charge in [0.15, 0.2) is 12.0 Å². The lowest BCUT2D eigenvalue weighted by Gasteiger charge is -2.06. The van der Waals surface area contributed by atoms with Gasteiger partial charge in [0, 0.05) is 5.56 Å². The van der Waals surface area contributed by atoms with Crippen molar-refractivity contribution in [3.8, 4) is 28.2 Å². The lowest BCUT2D eigenvalue weighted by molar-refractivity contribution is 0.110. The fourth-order valence-electron chi connectivity index (χ4n) is 2.23. The first kappa shape index (κ1) is 13.2. The number of hydrogen-bond acceptors (Lipinski definition) is 3. The van der Waals surface area contributed by atoms with Gasteiger partial charge in [0.1, 0.15) is 11.5 Å². The molecule has 21 heavy (non-hydrogen) atoms. The van der Waals surface area contributed by atoms with Gasteiger partial charge in [-0.05, 0) is 41.5 Å². The molecule has 3 nitrogen and oxygen atoms in total. The molecular formula is C18H14O3. The average molecular weight is 278 g/mol. The largest absolute Gasteiger partial charge is 0.497 e. The molecule has 0 radical (unpaired) electrons. The molecular weight excluding hydrogens is 264 g/mol. The van der Waals surface area contributed by atoms with Crippen LogP contribution in [0.1, 0.15) is 10.6 Å². The molecule has 0 fully saturated rings. The number of furan rings is 1. The van der Waals surface area contributed by atoms with Crippen molar-refractivity contribution in [2.45, 2.75) is 0 Å². The van der Waals surface area contributed by atoms with Gasteiger partial charge >= 0.3 is 0 Å². The molecule has 0 unspecified atom stereocenters. The lowest BCUT2D eigenvalue weighted by Crippen LogP contribution is -1.84. The van der Waals surface area contributed by atoms with Crippen molar-refractivity contribution in [3.63, 3.8) is 0 Å². The predicted octanol–water partition coefficient (Wildman–Crippen LogP) is 4.43. The van der Waals surface area contributed by atoms with Gasteiger partial charge in [0.2, 0.25) is 0 Å². The lowest BCUT2D eigenvalue weighted by atomic mass is 10.0. The van der Waals surface area contributed by atoms with Crippen molar-refractivity contribution in [2.75, 3.05) is 7.11 Å². The normalized spacial score (nSPS) is 10.3. The van der Waals surface area contributed by atoms with Gasteiger partial charge in [0.05, 0.1) is 7.11 Å². The molecule has 3 aromatic rings. The molecule has 0 bridgehead atoms. The summed E-state index contributed by atoms with van der Waals surface area (Å²) < 4.78 is 10.7. The van der Waals surface area contributed by atoms with Crippen LogP contribution in [0.15, 0.2) is 65.1 Å². The summed E-state index contributed by atoms with van der Waals surface area (Å²) in [6, 6.07) is 19.3. The quantitative estimate of drug-likeness (QED) is 0.662. The van der Waals surface area contributed by atoms with Crippen LogP contribution in [0.2, 0.25) is 0 Å². The van der Waals surface area contributed by atoms with Crippen molar-refractivity contribution in [2.24, 2.45) is 0 Å². The van der Waals surface area contributed by atoms with Crippen LogP contribution >= 0.6 is 0 Å². The molecule has 0 aliphatic carbocycles. The Morgan fingerprint density at radius 1 is 0.905 bits per heavy atom. The summed E-state index contributed by atoms with van der Waals surface area (Å²) in [5, 5.41) is 0. The van der Waals surface area contributed by atoms with E-state index in [0.29, 0.717) is 17.8 Å². The molecule has 0 N–H and O–H groups in total. The maximum atomic E-state index is 10.7. The molecule has 3 heteroatoms. The first-order valence-corrected chi connectivity index (χ1v) is 6.60. The summed E-state index contributed by atoms with van der Waals surface area (Å²) in [6.07, 6.45) is 0.704. The van der Waals surface area contributed by atoms with E-state index in [2.05, 4.69) is 0 Å². The van der Waals surface area contributed by atoms with Crippen LogP contribution in [-0.4, -0.2) is 13.4 Å². The molecule has 0 saturated heterocycles. The minimum absolute atomic E-state index is 0.330. The monoisotopic (exact) mass is 278 g/mol. The van der Waals surface area contributed by atoms with E-state index >= 15 is 0 Å². The SMILES string of the molecule is COc1cccc(-c2cccc(-c3ccc(C=O)o3)c2)c1. The van der Waals surface area contributed by atoms with E-state index in [9.17, 15) is 4.79 Å². The molecule has 0 aliphatic rings. The zero-order chi connectivity index (χ0) is 14.7. The van der Waals surface area contributed by atoms with E-state index in [-0.39, 0.29) is 0 Å². The highest BCUT2D eigenvalue weighted by molar-refractivity contribution is 5.75. The summed E-state index contributed by atoms with van der Waals surface area (Å²) in [5.74, 6) is 1.83. The highest BCUT2D eigenvalue weighted by Crippen LogP contribution is 2.29. The van der Waals surface area contributed by atoms with E-state index in [1.807, 2.05) is 48.5 Å². The third-order valence-corrected chi connectivity index (χ3v) is 3.29. The van der Waals surface area contributed by atoms with Gasteiger partial charge in [-0.2, -0.15) is 0 Å². The molecule has 0 atom stereocenters. The van der Waals surface area contributed by atoms with Crippen LogP contribution in [0.5, 0.6) is 5.75 Å². The van der Waals surface area contributed by atoms with Crippen LogP contribution in [0.4, 0.5) is 0 Å². The van der Waals surface area contributed by atoms with Gasteiger partial charge in [-0.1, -0.05) is 30.3 Å². The highest BCUT2D eigenvalue weighted by Gasteiger charge is 2.06. The van der Waals surface area contributed by atoms with Crippen molar-refractivity contribution in [3.05, 3.63) is 66.4 Å². The van der Waals surface area contributed by atoms with Crippen LogP contribution in [0.25, 0.3) is 22.5 Å². The van der Waals surface area contributed by atoms with Gasteiger partial charge in [-0.15, -0.1) is 0 Å². The fraction of sp³-hybridized carbons (Fsp3) is 0.0556. The Morgan fingerprint density at radius 3 is 2.33 bits per heavy atom. The van der Waals surface area contributed by atoms with Gasteiger partial charge < -0.3 is 9.15 Å². The second kappa shape index (κ2) is 5.67. The number of carbonyl (C=O) groups is 1. The van der Waals surface area contributed by atoms with Crippen molar-refractivity contribution in [1.29, 1.82) is 0 Å². The molecule has 1 heterocycles. The highest BCUT2D eigenvalue weighted by atomic mass is 16.5. The Morgan fingerprint density at radius 2 is 1.62 bits per heavy atom. The Bertz CT molecular complexity index is 771. The summed E-state index contributed by atoms with van der Waals surface area (Å²) in [4.78, 5) is 10.7. The average Bonchev–Trinajstić information content (AvgIpc) is 3.04. The smallest absolute Gasteiger partial charge is 0.185 e. The fourth-order valence-corrected chi connectivity index (χ4v) is 2.23. The zero-order valence-corrected chi connectivity index (χ0v) is 11.6. The van der Waals surface area contributed by atoms with E-state index in [4.69, 9.17) is 9.15 Å². The molecule has 0 saturated carbocycles. The van der Waals surface area contributed by atoms with Crippen LogP contribution in [0.3, 0.4) is 0 Å². The molecule has 3 rings (SSSR count). The molecule has 0 amide bonds. The maximum Gasteiger partial charge on any atom is 0.185 e. The van der Waals surface area contributed by atoms with E-state index in [0.717, 1.165) is 22.4 Å². The van der Waals surface area contributed by atoms with Crippen molar-refractivity contribution < 1.29 is 13.9 Å². The number of rotatable bonds is 4. The molecule has 2 aromatic carbocycles. The number of hydrogen-bond donors (Lipinski definition) is 0. The Balaban J connectivity index is 2.01. The summed E-state index contributed by atoms with van der Waals surface area (Å²) in [7, 11) is 1.65.